The van der Waals surface area contributed by atoms with E-state index in [1.54, 1.807) is 17.3 Å². The Bertz CT molecular complexity index is 730. The molecule has 4 rings (SSSR count). The van der Waals surface area contributed by atoms with Crippen molar-refractivity contribution in [3.05, 3.63) is 40.3 Å². The molecule has 0 atom stereocenters. The van der Waals surface area contributed by atoms with E-state index in [9.17, 15) is 4.79 Å². The van der Waals surface area contributed by atoms with Crippen molar-refractivity contribution < 1.29 is 0 Å². The van der Waals surface area contributed by atoms with Crippen LogP contribution in [0.25, 0.3) is 0 Å². The molecule has 1 aliphatic heterocycles. The van der Waals surface area contributed by atoms with Gasteiger partial charge in [-0.3, -0.25) is 9.48 Å². The van der Waals surface area contributed by atoms with Crippen LogP contribution in [0.3, 0.4) is 0 Å². The molecule has 2 aromatic heterocycles. The molecule has 0 N–H and O–H groups in total. The SMILES string of the molecule is O=c1cc2c(nn1CC1CCN(CCn3cncn3)CC1)CCC2. The first-order chi connectivity index (χ1) is 11.8. The molecule has 3 heterocycles. The average molecular weight is 328 g/mol. The van der Waals surface area contributed by atoms with Gasteiger partial charge >= 0.3 is 0 Å². The minimum absolute atomic E-state index is 0.0734. The lowest BCUT2D eigenvalue weighted by atomic mass is 9.97. The van der Waals surface area contributed by atoms with Crippen LogP contribution in [0.2, 0.25) is 0 Å². The highest BCUT2D eigenvalue weighted by atomic mass is 16.1. The van der Waals surface area contributed by atoms with Crippen LogP contribution >= 0.6 is 0 Å². The summed E-state index contributed by atoms with van der Waals surface area (Å²) in [4.78, 5) is 18.7. The topological polar surface area (TPSA) is 68.8 Å². The van der Waals surface area contributed by atoms with E-state index < -0.39 is 0 Å². The van der Waals surface area contributed by atoms with Crippen LogP contribution in [0.1, 0.15) is 30.5 Å². The van der Waals surface area contributed by atoms with E-state index in [0.717, 1.165) is 70.5 Å². The van der Waals surface area contributed by atoms with Crippen molar-refractivity contribution in [1.82, 2.24) is 29.4 Å². The molecule has 0 unspecified atom stereocenters. The zero-order valence-corrected chi connectivity index (χ0v) is 14.0. The summed E-state index contributed by atoms with van der Waals surface area (Å²) in [5.74, 6) is 0.553. The van der Waals surface area contributed by atoms with Crippen LogP contribution in [0.5, 0.6) is 0 Å². The normalized spacial score (nSPS) is 18.8. The predicted octanol–water partition coefficient (Wildman–Crippen LogP) is 0.736. The minimum Gasteiger partial charge on any atom is -0.301 e. The Morgan fingerprint density at radius 3 is 2.83 bits per heavy atom. The predicted molar refractivity (Wildman–Crippen MR) is 89.7 cm³/mol. The Hall–Kier alpha value is -2.02. The summed E-state index contributed by atoms with van der Waals surface area (Å²) < 4.78 is 3.58. The van der Waals surface area contributed by atoms with E-state index in [1.807, 2.05) is 10.7 Å². The van der Waals surface area contributed by atoms with Crippen LogP contribution in [0.4, 0.5) is 0 Å². The van der Waals surface area contributed by atoms with Crippen LogP contribution in [0, 0.1) is 5.92 Å². The number of likely N-dealkylation sites (tertiary alicyclic amines) is 1. The zero-order valence-electron chi connectivity index (χ0n) is 14.0. The van der Waals surface area contributed by atoms with Crippen LogP contribution < -0.4 is 5.56 Å². The van der Waals surface area contributed by atoms with Crippen molar-refractivity contribution in [2.75, 3.05) is 19.6 Å². The van der Waals surface area contributed by atoms with Gasteiger partial charge in [0.2, 0.25) is 0 Å². The van der Waals surface area contributed by atoms with E-state index in [0.29, 0.717) is 5.92 Å². The summed E-state index contributed by atoms with van der Waals surface area (Å²) >= 11 is 0. The second-order valence-electron chi connectivity index (χ2n) is 6.93. The first kappa shape index (κ1) is 15.5. The molecule has 7 heteroatoms. The van der Waals surface area contributed by atoms with Crippen LogP contribution in [-0.4, -0.2) is 49.1 Å². The summed E-state index contributed by atoms with van der Waals surface area (Å²) in [7, 11) is 0. The second-order valence-corrected chi connectivity index (χ2v) is 6.93. The van der Waals surface area contributed by atoms with E-state index in [1.165, 1.54) is 5.56 Å². The average Bonchev–Trinajstić information content (AvgIpc) is 3.26. The lowest BCUT2D eigenvalue weighted by molar-refractivity contribution is 0.163. The molecule has 0 amide bonds. The van der Waals surface area contributed by atoms with Gasteiger partial charge in [-0.1, -0.05) is 0 Å². The van der Waals surface area contributed by atoms with Crippen molar-refractivity contribution in [2.45, 2.75) is 45.2 Å². The monoisotopic (exact) mass is 328 g/mol. The van der Waals surface area contributed by atoms with Gasteiger partial charge < -0.3 is 4.90 Å². The molecule has 24 heavy (non-hydrogen) atoms. The van der Waals surface area contributed by atoms with Gasteiger partial charge in [0.25, 0.3) is 5.56 Å². The molecule has 2 aromatic rings. The minimum atomic E-state index is 0.0734. The first-order valence-corrected chi connectivity index (χ1v) is 8.92. The van der Waals surface area contributed by atoms with E-state index in [-0.39, 0.29) is 5.56 Å². The molecule has 128 valence electrons. The van der Waals surface area contributed by atoms with Crippen LogP contribution in [-0.2, 0) is 25.9 Å². The number of nitrogens with zero attached hydrogens (tertiary/aromatic N) is 6. The second kappa shape index (κ2) is 6.84. The molecule has 1 fully saturated rings. The summed E-state index contributed by atoms with van der Waals surface area (Å²) in [6.45, 7) is 4.82. The summed E-state index contributed by atoms with van der Waals surface area (Å²) in [5, 5.41) is 8.75. The molecule has 0 saturated carbocycles. The van der Waals surface area contributed by atoms with Gasteiger partial charge in [-0.25, -0.2) is 9.67 Å². The molecule has 1 saturated heterocycles. The molecule has 0 radical (unpaired) electrons. The maximum atomic E-state index is 12.2. The smallest absolute Gasteiger partial charge is 0.267 e. The van der Waals surface area contributed by atoms with Crippen molar-refractivity contribution in [3.63, 3.8) is 0 Å². The Labute approximate surface area is 141 Å². The number of aryl methyl sites for hydroxylation is 2. The third kappa shape index (κ3) is 3.40. The molecule has 0 aromatic carbocycles. The highest BCUT2D eigenvalue weighted by Gasteiger charge is 2.21. The van der Waals surface area contributed by atoms with Crippen molar-refractivity contribution in [2.24, 2.45) is 5.92 Å². The molecule has 7 nitrogen and oxygen atoms in total. The number of fused-ring (bicyclic) bond motifs is 1. The Kier molecular flexibility index (Phi) is 4.42. The highest BCUT2D eigenvalue weighted by Crippen LogP contribution is 2.20. The van der Waals surface area contributed by atoms with Crippen molar-refractivity contribution in [1.29, 1.82) is 0 Å². The van der Waals surface area contributed by atoms with Crippen molar-refractivity contribution in [3.8, 4) is 0 Å². The zero-order chi connectivity index (χ0) is 16.4. The third-order valence-corrected chi connectivity index (χ3v) is 5.27. The number of hydrogen-bond acceptors (Lipinski definition) is 5. The number of hydrogen-bond donors (Lipinski definition) is 0. The first-order valence-electron chi connectivity index (χ1n) is 8.92. The molecule has 0 bridgehead atoms. The number of aromatic nitrogens is 5. The standard InChI is InChI=1S/C17H24N6O/c24-17-10-15-2-1-3-16(15)20-23(17)11-14-4-6-21(7-5-14)8-9-22-13-18-12-19-22/h10,12-14H,1-9,11H2. The van der Waals surface area contributed by atoms with Gasteiger partial charge in [0.15, 0.2) is 0 Å². The lowest BCUT2D eigenvalue weighted by Crippen LogP contribution is -2.38. The van der Waals surface area contributed by atoms with Gasteiger partial charge in [-0.2, -0.15) is 10.2 Å². The van der Waals surface area contributed by atoms with Gasteiger partial charge in [0, 0.05) is 19.2 Å². The maximum absolute atomic E-state index is 12.2. The van der Waals surface area contributed by atoms with Gasteiger partial charge in [0.1, 0.15) is 12.7 Å². The Morgan fingerprint density at radius 2 is 2.04 bits per heavy atom. The quantitative estimate of drug-likeness (QED) is 0.809. The fraction of sp³-hybridized carbons (Fsp3) is 0.647. The lowest BCUT2D eigenvalue weighted by Gasteiger charge is -2.31. The molecule has 2 aliphatic rings. The van der Waals surface area contributed by atoms with Crippen LogP contribution in [0.15, 0.2) is 23.5 Å². The largest absolute Gasteiger partial charge is 0.301 e. The fourth-order valence-electron chi connectivity index (χ4n) is 3.80. The molecule has 0 spiro atoms. The molecular weight excluding hydrogens is 304 g/mol. The van der Waals surface area contributed by atoms with Crippen molar-refractivity contribution >= 4 is 0 Å². The number of piperidine rings is 1. The Morgan fingerprint density at radius 1 is 1.17 bits per heavy atom. The number of rotatable bonds is 5. The van der Waals surface area contributed by atoms with Gasteiger partial charge in [-0.05, 0) is 56.7 Å². The fourth-order valence-corrected chi connectivity index (χ4v) is 3.80. The molecule has 1 aliphatic carbocycles. The third-order valence-electron chi connectivity index (χ3n) is 5.27. The summed E-state index contributed by atoms with van der Waals surface area (Å²) in [5.41, 5.74) is 2.38. The summed E-state index contributed by atoms with van der Waals surface area (Å²) in [6, 6.07) is 1.81. The van der Waals surface area contributed by atoms with Gasteiger partial charge in [0.05, 0.1) is 12.2 Å². The van der Waals surface area contributed by atoms with Gasteiger partial charge in [-0.15, -0.1) is 0 Å². The Balaban J connectivity index is 1.29. The van der Waals surface area contributed by atoms with E-state index >= 15 is 0 Å². The molecular formula is C17H24N6O. The highest BCUT2D eigenvalue weighted by molar-refractivity contribution is 5.22. The maximum Gasteiger partial charge on any atom is 0.267 e. The van der Waals surface area contributed by atoms with E-state index in [2.05, 4.69) is 20.1 Å². The summed E-state index contributed by atoms with van der Waals surface area (Å²) in [6.07, 6.45) is 8.77. The van der Waals surface area contributed by atoms with E-state index in [4.69, 9.17) is 0 Å².